The monoisotopic (exact) mass is 434 g/mol. The Morgan fingerprint density at radius 2 is 1.81 bits per heavy atom. The van der Waals surface area contributed by atoms with Crippen molar-refractivity contribution in [1.82, 2.24) is 9.88 Å². The van der Waals surface area contributed by atoms with Gasteiger partial charge in [0.25, 0.3) is 11.7 Å². The predicted octanol–water partition coefficient (Wildman–Crippen LogP) is 4.37. The molecule has 1 atom stereocenters. The number of aliphatic hydroxyl groups is 1. The number of nitrogens with zero attached hydrogens (tertiary/aromatic N) is 2. The van der Waals surface area contributed by atoms with Crippen LogP contribution in [0.2, 0.25) is 5.02 Å². The molecule has 1 fully saturated rings. The Bertz CT molecular complexity index is 1140. The first-order valence-corrected chi connectivity index (χ1v) is 9.94. The molecule has 0 radical (unpaired) electrons. The molecule has 1 amide bonds. The maximum atomic E-state index is 13.0. The van der Waals surface area contributed by atoms with Crippen molar-refractivity contribution in [3.63, 3.8) is 0 Å². The zero-order chi connectivity index (χ0) is 22.0. The van der Waals surface area contributed by atoms with Crippen molar-refractivity contribution in [1.29, 1.82) is 0 Å². The van der Waals surface area contributed by atoms with E-state index in [-0.39, 0.29) is 17.9 Å². The molecule has 0 spiro atoms. The number of methoxy groups -OCH3 is 1. The Balaban J connectivity index is 1.84. The molecule has 1 aromatic heterocycles. The number of amides is 1. The van der Waals surface area contributed by atoms with Crippen LogP contribution in [-0.2, 0) is 16.1 Å². The van der Waals surface area contributed by atoms with Gasteiger partial charge in [-0.2, -0.15) is 0 Å². The lowest BCUT2D eigenvalue weighted by Crippen LogP contribution is -2.29. The SMILES string of the molecule is COc1ccc(/C(O)=C2/C(=O)C(=O)N(Cc3cccnc3)C2c2ccc(Cl)cc2)cc1. The summed E-state index contributed by atoms with van der Waals surface area (Å²) in [5.74, 6) is -1.05. The van der Waals surface area contributed by atoms with Gasteiger partial charge in [0.1, 0.15) is 11.5 Å². The Hall–Kier alpha value is -3.64. The van der Waals surface area contributed by atoms with Crippen molar-refractivity contribution in [3.05, 3.63) is 100 Å². The van der Waals surface area contributed by atoms with Crippen molar-refractivity contribution in [2.75, 3.05) is 7.11 Å². The fourth-order valence-corrected chi connectivity index (χ4v) is 3.75. The normalized spacial score (nSPS) is 17.7. The third kappa shape index (κ3) is 4.02. The predicted molar refractivity (Wildman–Crippen MR) is 117 cm³/mol. The fraction of sp³-hybridized carbons (Fsp3) is 0.125. The Morgan fingerprint density at radius 3 is 2.42 bits per heavy atom. The highest BCUT2D eigenvalue weighted by Crippen LogP contribution is 2.40. The second kappa shape index (κ2) is 8.62. The number of hydrogen-bond donors (Lipinski definition) is 1. The quantitative estimate of drug-likeness (QED) is 0.366. The molecule has 1 aliphatic heterocycles. The van der Waals surface area contributed by atoms with E-state index in [1.165, 1.54) is 4.90 Å². The summed E-state index contributed by atoms with van der Waals surface area (Å²) in [5.41, 5.74) is 1.89. The number of rotatable bonds is 5. The molecule has 0 bridgehead atoms. The summed E-state index contributed by atoms with van der Waals surface area (Å²) in [7, 11) is 1.54. The maximum absolute atomic E-state index is 13.0. The molecule has 1 unspecified atom stereocenters. The summed E-state index contributed by atoms with van der Waals surface area (Å²) < 4.78 is 5.15. The van der Waals surface area contributed by atoms with Gasteiger partial charge in [0, 0.05) is 29.5 Å². The average molecular weight is 435 g/mol. The van der Waals surface area contributed by atoms with Crippen molar-refractivity contribution < 1.29 is 19.4 Å². The number of pyridine rings is 1. The first kappa shape index (κ1) is 20.6. The number of carbonyl (C=O) groups excluding carboxylic acids is 2. The van der Waals surface area contributed by atoms with Crippen LogP contribution in [0.5, 0.6) is 5.75 Å². The third-order valence-corrected chi connectivity index (χ3v) is 5.42. The van der Waals surface area contributed by atoms with Crippen molar-refractivity contribution in [3.8, 4) is 5.75 Å². The molecule has 31 heavy (non-hydrogen) atoms. The van der Waals surface area contributed by atoms with E-state index < -0.39 is 17.7 Å². The van der Waals surface area contributed by atoms with Crippen molar-refractivity contribution in [2.45, 2.75) is 12.6 Å². The molecule has 7 heteroatoms. The summed E-state index contributed by atoms with van der Waals surface area (Å²) in [4.78, 5) is 31.5. The van der Waals surface area contributed by atoms with Gasteiger partial charge in [-0.15, -0.1) is 0 Å². The molecule has 1 saturated heterocycles. The lowest BCUT2D eigenvalue weighted by molar-refractivity contribution is -0.140. The van der Waals surface area contributed by atoms with Crippen LogP contribution in [0.15, 0.2) is 78.6 Å². The lowest BCUT2D eigenvalue weighted by Gasteiger charge is -2.25. The van der Waals surface area contributed by atoms with E-state index in [2.05, 4.69) is 4.98 Å². The van der Waals surface area contributed by atoms with E-state index in [0.29, 0.717) is 21.9 Å². The molecule has 1 N–H and O–H groups in total. The minimum absolute atomic E-state index is 0.0291. The third-order valence-electron chi connectivity index (χ3n) is 5.16. The summed E-state index contributed by atoms with van der Waals surface area (Å²) >= 11 is 6.04. The van der Waals surface area contributed by atoms with Gasteiger partial charge in [0.05, 0.1) is 18.7 Å². The van der Waals surface area contributed by atoms with Crippen LogP contribution in [-0.4, -0.2) is 33.8 Å². The van der Waals surface area contributed by atoms with Crippen LogP contribution < -0.4 is 4.74 Å². The van der Waals surface area contributed by atoms with Gasteiger partial charge in [-0.05, 0) is 53.6 Å². The number of likely N-dealkylation sites (tertiary alicyclic amines) is 1. The zero-order valence-electron chi connectivity index (χ0n) is 16.7. The lowest BCUT2D eigenvalue weighted by atomic mass is 9.95. The number of carbonyl (C=O) groups is 2. The van der Waals surface area contributed by atoms with Gasteiger partial charge in [0.15, 0.2) is 0 Å². The van der Waals surface area contributed by atoms with Gasteiger partial charge in [-0.3, -0.25) is 14.6 Å². The van der Waals surface area contributed by atoms with Gasteiger partial charge in [-0.25, -0.2) is 0 Å². The number of ketones is 1. The maximum Gasteiger partial charge on any atom is 0.295 e. The van der Waals surface area contributed by atoms with E-state index in [0.717, 1.165) is 5.56 Å². The summed E-state index contributed by atoms with van der Waals surface area (Å²) in [6.07, 6.45) is 3.28. The van der Waals surface area contributed by atoms with E-state index in [1.807, 2.05) is 6.07 Å². The van der Waals surface area contributed by atoms with Crippen LogP contribution in [0.25, 0.3) is 5.76 Å². The van der Waals surface area contributed by atoms with E-state index in [9.17, 15) is 14.7 Å². The number of hydrogen-bond acceptors (Lipinski definition) is 5. The van der Waals surface area contributed by atoms with Crippen molar-refractivity contribution >= 4 is 29.1 Å². The number of ether oxygens (including phenoxy) is 1. The number of aromatic nitrogens is 1. The van der Waals surface area contributed by atoms with E-state index in [4.69, 9.17) is 16.3 Å². The summed E-state index contributed by atoms with van der Waals surface area (Å²) in [5, 5.41) is 11.6. The van der Waals surface area contributed by atoms with Crippen LogP contribution in [0, 0.1) is 0 Å². The van der Waals surface area contributed by atoms with Crippen LogP contribution in [0.4, 0.5) is 0 Å². The van der Waals surface area contributed by atoms with Gasteiger partial charge < -0.3 is 14.7 Å². The van der Waals surface area contributed by atoms with Gasteiger partial charge in [-0.1, -0.05) is 29.8 Å². The highest BCUT2D eigenvalue weighted by atomic mass is 35.5. The molecule has 2 heterocycles. The Kier molecular flexibility index (Phi) is 5.73. The standard InChI is InChI=1S/C24H19ClN2O4/c1-31-19-10-6-17(7-11-19)22(28)20-21(16-4-8-18(25)9-5-16)27(24(30)23(20)29)14-15-3-2-12-26-13-15/h2-13,21,28H,14H2,1H3/b22-20-. The molecular weight excluding hydrogens is 416 g/mol. The molecule has 0 aliphatic carbocycles. The molecule has 0 saturated carbocycles. The fourth-order valence-electron chi connectivity index (χ4n) is 3.63. The van der Waals surface area contributed by atoms with Gasteiger partial charge in [0.2, 0.25) is 0 Å². The second-order valence-corrected chi connectivity index (χ2v) is 7.50. The second-order valence-electron chi connectivity index (χ2n) is 7.07. The van der Waals surface area contributed by atoms with Gasteiger partial charge >= 0.3 is 0 Å². The van der Waals surface area contributed by atoms with E-state index in [1.54, 1.807) is 74.1 Å². The number of Topliss-reactive ketones (excluding diaryl/α,β-unsaturated/α-hetero) is 1. The molecule has 2 aromatic carbocycles. The highest BCUT2D eigenvalue weighted by Gasteiger charge is 2.46. The average Bonchev–Trinajstić information content (AvgIpc) is 3.05. The summed E-state index contributed by atoms with van der Waals surface area (Å²) in [6, 6.07) is 16.3. The summed E-state index contributed by atoms with van der Waals surface area (Å²) in [6.45, 7) is 0.172. The first-order valence-electron chi connectivity index (χ1n) is 9.57. The first-order chi connectivity index (χ1) is 15.0. The number of halogens is 1. The molecule has 6 nitrogen and oxygen atoms in total. The number of benzene rings is 2. The molecule has 4 rings (SSSR count). The largest absolute Gasteiger partial charge is 0.507 e. The Labute approximate surface area is 184 Å². The topological polar surface area (TPSA) is 79.7 Å². The van der Waals surface area contributed by atoms with Crippen molar-refractivity contribution in [2.24, 2.45) is 0 Å². The smallest absolute Gasteiger partial charge is 0.295 e. The number of aliphatic hydroxyl groups excluding tert-OH is 1. The van der Waals surface area contributed by atoms with Crippen LogP contribution in [0.1, 0.15) is 22.7 Å². The van der Waals surface area contributed by atoms with Crippen LogP contribution >= 0.6 is 11.6 Å². The minimum atomic E-state index is -0.764. The molecular formula is C24H19ClN2O4. The van der Waals surface area contributed by atoms with E-state index >= 15 is 0 Å². The van der Waals surface area contributed by atoms with Crippen LogP contribution in [0.3, 0.4) is 0 Å². The minimum Gasteiger partial charge on any atom is -0.507 e. The Morgan fingerprint density at radius 1 is 1.10 bits per heavy atom. The molecule has 1 aliphatic rings. The molecule has 3 aromatic rings. The zero-order valence-corrected chi connectivity index (χ0v) is 17.4. The highest BCUT2D eigenvalue weighted by molar-refractivity contribution is 6.46. The molecule has 156 valence electrons.